The van der Waals surface area contributed by atoms with E-state index in [0.717, 1.165) is 26.1 Å². The molecule has 1 saturated heterocycles. The standard InChI is InChI=1S/C24H31N3O2/c1-3-18(2)25-24(29)21-9-5-6-10-22(21)26-23(28)20-13-11-19(12-14-20)17-27-15-7-4-8-16-27/h5-6,9-14,18H,3-4,7-8,15-17H2,1-2H3,(H,25,29)(H,26,28). The summed E-state index contributed by atoms with van der Waals surface area (Å²) < 4.78 is 0. The average molecular weight is 394 g/mol. The molecule has 3 rings (SSSR count). The van der Waals surface area contributed by atoms with Crippen molar-refractivity contribution in [2.24, 2.45) is 0 Å². The number of para-hydroxylation sites is 1. The Bertz CT molecular complexity index is 826. The van der Waals surface area contributed by atoms with E-state index < -0.39 is 0 Å². The average Bonchev–Trinajstić information content (AvgIpc) is 2.75. The first-order valence-corrected chi connectivity index (χ1v) is 10.6. The van der Waals surface area contributed by atoms with E-state index >= 15 is 0 Å². The van der Waals surface area contributed by atoms with Gasteiger partial charge in [0, 0.05) is 18.2 Å². The lowest BCUT2D eigenvalue weighted by Gasteiger charge is -2.26. The van der Waals surface area contributed by atoms with E-state index in [9.17, 15) is 9.59 Å². The van der Waals surface area contributed by atoms with Gasteiger partial charge in [-0.3, -0.25) is 14.5 Å². The summed E-state index contributed by atoms with van der Waals surface area (Å²) in [6.07, 6.45) is 4.71. The number of benzene rings is 2. The summed E-state index contributed by atoms with van der Waals surface area (Å²) in [5.41, 5.74) is 2.81. The number of nitrogens with one attached hydrogen (secondary N) is 2. The van der Waals surface area contributed by atoms with Gasteiger partial charge in [-0.1, -0.05) is 37.6 Å². The lowest BCUT2D eigenvalue weighted by molar-refractivity contribution is 0.0940. The summed E-state index contributed by atoms with van der Waals surface area (Å²) in [5, 5.41) is 5.84. The van der Waals surface area contributed by atoms with Gasteiger partial charge >= 0.3 is 0 Å². The zero-order valence-electron chi connectivity index (χ0n) is 17.4. The Kier molecular flexibility index (Phi) is 7.42. The van der Waals surface area contributed by atoms with Gasteiger partial charge in [0.25, 0.3) is 11.8 Å². The minimum Gasteiger partial charge on any atom is -0.350 e. The van der Waals surface area contributed by atoms with E-state index in [0.29, 0.717) is 16.8 Å². The van der Waals surface area contributed by atoms with Crippen LogP contribution in [-0.4, -0.2) is 35.8 Å². The van der Waals surface area contributed by atoms with Crippen LogP contribution in [0.4, 0.5) is 5.69 Å². The number of rotatable bonds is 7. The summed E-state index contributed by atoms with van der Waals surface area (Å²) in [7, 11) is 0. The van der Waals surface area contributed by atoms with Gasteiger partial charge in [-0.15, -0.1) is 0 Å². The van der Waals surface area contributed by atoms with Crippen molar-refractivity contribution in [2.45, 2.75) is 52.1 Å². The maximum absolute atomic E-state index is 12.7. The van der Waals surface area contributed by atoms with E-state index in [4.69, 9.17) is 0 Å². The Morgan fingerprint density at radius 2 is 1.66 bits per heavy atom. The fourth-order valence-corrected chi connectivity index (χ4v) is 3.53. The van der Waals surface area contributed by atoms with Crippen molar-refractivity contribution in [3.8, 4) is 0 Å². The molecule has 0 spiro atoms. The number of likely N-dealkylation sites (tertiary alicyclic amines) is 1. The molecular weight excluding hydrogens is 362 g/mol. The SMILES string of the molecule is CCC(C)NC(=O)c1ccccc1NC(=O)c1ccc(CN2CCCCC2)cc1. The minimum atomic E-state index is -0.210. The van der Waals surface area contributed by atoms with E-state index in [1.165, 1.54) is 24.8 Å². The Hall–Kier alpha value is -2.66. The maximum atomic E-state index is 12.7. The van der Waals surface area contributed by atoms with Crippen molar-refractivity contribution in [2.75, 3.05) is 18.4 Å². The van der Waals surface area contributed by atoms with Crippen molar-refractivity contribution < 1.29 is 9.59 Å². The molecule has 5 heteroatoms. The molecule has 0 radical (unpaired) electrons. The first kappa shape index (κ1) is 21.1. The van der Waals surface area contributed by atoms with E-state index in [1.54, 1.807) is 18.2 Å². The Labute approximate surface area is 173 Å². The third kappa shape index (κ3) is 5.91. The topological polar surface area (TPSA) is 61.4 Å². The third-order valence-corrected chi connectivity index (χ3v) is 5.48. The van der Waals surface area contributed by atoms with Crippen LogP contribution in [0.2, 0.25) is 0 Å². The predicted octanol–water partition coefficient (Wildman–Crippen LogP) is 4.45. The van der Waals surface area contributed by atoms with Crippen LogP contribution in [0.1, 0.15) is 65.8 Å². The lowest BCUT2D eigenvalue weighted by atomic mass is 10.1. The Balaban J connectivity index is 1.65. The molecule has 1 aliphatic heterocycles. The van der Waals surface area contributed by atoms with Gasteiger partial charge in [0.15, 0.2) is 0 Å². The quantitative estimate of drug-likeness (QED) is 0.730. The summed E-state index contributed by atoms with van der Waals surface area (Å²) >= 11 is 0. The van der Waals surface area contributed by atoms with Crippen LogP contribution in [0.25, 0.3) is 0 Å². The number of hydrogen-bond donors (Lipinski definition) is 2. The van der Waals surface area contributed by atoms with Crippen LogP contribution in [0.15, 0.2) is 48.5 Å². The summed E-state index contributed by atoms with van der Waals surface area (Å²) in [6, 6.07) is 14.9. The molecular formula is C24H31N3O2. The van der Waals surface area contributed by atoms with Crippen LogP contribution in [-0.2, 0) is 6.54 Å². The zero-order chi connectivity index (χ0) is 20.6. The molecule has 2 amide bonds. The molecule has 2 aromatic carbocycles. The van der Waals surface area contributed by atoms with Gasteiger partial charge in [0.2, 0.25) is 0 Å². The highest BCUT2D eigenvalue weighted by molar-refractivity contribution is 6.09. The number of nitrogens with zero attached hydrogens (tertiary/aromatic N) is 1. The molecule has 0 aliphatic carbocycles. The Morgan fingerprint density at radius 1 is 0.966 bits per heavy atom. The molecule has 1 unspecified atom stereocenters. The van der Waals surface area contributed by atoms with E-state index in [1.807, 2.05) is 44.2 Å². The zero-order valence-corrected chi connectivity index (χ0v) is 17.4. The van der Waals surface area contributed by atoms with Crippen molar-refractivity contribution in [3.05, 3.63) is 65.2 Å². The molecule has 1 aliphatic rings. The number of carbonyl (C=O) groups is 2. The number of piperidine rings is 1. The van der Waals surface area contributed by atoms with Crippen molar-refractivity contribution in [1.82, 2.24) is 10.2 Å². The molecule has 154 valence electrons. The lowest BCUT2D eigenvalue weighted by Crippen LogP contribution is -2.32. The van der Waals surface area contributed by atoms with E-state index in [-0.39, 0.29) is 17.9 Å². The second-order valence-corrected chi connectivity index (χ2v) is 7.82. The smallest absolute Gasteiger partial charge is 0.255 e. The number of hydrogen-bond acceptors (Lipinski definition) is 3. The van der Waals surface area contributed by atoms with Gasteiger partial charge in [0.05, 0.1) is 11.3 Å². The van der Waals surface area contributed by atoms with Gasteiger partial charge in [-0.2, -0.15) is 0 Å². The van der Waals surface area contributed by atoms with Gasteiger partial charge < -0.3 is 10.6 Å². The number of amides is 2. The first-order chi connectivity index (χ1) is 14.1. The van der Waals surface area contributed by atoms with Crippen LogP contribution in [0.5, 0.6) is 0 Å². The van der Waals surface area contributed by atoms with Crippen LogP contribution in [0.3, 0.4) is 0 Å². The second kappa shape index (κ2) is 10.2. The Morgan fingerprint density at radius 3 is 2.34 bits per heavy atom. The van der Waals surface area contributed by atoms with Crippen molar-refractivity contribution in [3.63, 3.8) is 0 Å². The molecule has 29 heavy (non-hydrogen) atoms. The van der Waals surface area contributed by atoms with E-state index in [2.05, 4.69) is 15.5 Å². The molecule has 2 aromatic rings. The highest BCUT2D eigenvalue weighted by Crippen LogP contribution is 2.18. The molecule has 1 atom stereocenters. The number of anilines is 1. The van der Waals surface area contributed by atoms with Crippen LogP contribution >= 0.6 is 0 Å². The molecule has 2 N–H and O–H groups in total. The van der Waals surface area contributed by atoms with Crippen LogP contribution in [0, 0.1) is 0 Å². The molecule has 0 saturated carbocycles. The molecule has 5 nitrogen and oxygen atoms in total. The molecule has 1 fully saturated rings. The fourth-order valence-electron chi connectivity index (χ4n) is 3.53. The summed E-state index contributed by atoms with van der Waals surface area (Å²) in [4.78, 5) is 27.7. The maximum Gasteiger partial charge on any atom is 0.255 e. The number of carbonyl (C=O) groups excluding carboxylic acids is 2. The molecule has 0 bridgehead atoms. The summed E-state index contributed by atoms with van der Waals surface area (Å²) in [5.74, 6) is -0.384. The largest absolute Gasteiger partial charge is 0.350 e. The van der Waals surface area contributed by atoms with Gasteiger partial charge in [-0.25, -0.2) is 0 Å². The molecule has 0 aromatic heterocycles. The highest BCUT2D eigenvalue weighted by atomic mass is 16.2. The van der Waals surface area contributed by atoms with Crippen molar-refractivity contribution >= 4 is 17.5 Å². The van der Waals surface area contributed by atoms with Crippen LogP contribution < -0.4 is 10.6 Å². The second-order valence-electron chi connectivity index (χ2n) is 7.82. The minimum absolute atomic E-state index is 0.0821. The summed E-state index contributed by atoms with van der Waals surface area (Å²) in [6.45, 7) is 7.22. The normalized spacial score (nSPS) is 15.5. The van der Waals surface area contributed by atoms with Gasteiger partial charge in [0.1, 0.15) is 0 Å². The highest BCUT2D eigenvalue weighted by Gasteiger charge is 2.16. The third-order valence-electron chi connectivity index (χ3n) is 5.48. The van der Waals surface area contributed by atoms with Gasteiger partial charge in [-0.05, 0) is 69.1 Å². The van der Waals surface area contributed by atoms with Crippen molar-refractivity contribution in [1.29, 1.82) is 0 Å². The predicted molar refractivity (Wildman–Crippen MR) is 117 cm³/mol. The first-order valence-electron chi connectivity index (χ1n) is 10.6. The fraction of sp³-hybridized carbons (Fsp3) is 0.417. The molecule has 1 heterocycles. The monoisotopic (exact) mass is 393 g/mol.